The number of aryl methyl sites for hydroxylation is 1. The Morgan fingerprint density at radius 1 is 0.889 bits per heavy atom. The van der Waals surface area contributed by atoms with Crippen molar-refractivity contribution in [2.75, 3.05) is 4.31 Å². The number of nitrogens with zero attached hydrogens (tertiary/aromatic N) is 1. The molecule has 27 heavy (non-hydrogen) atoms. The van der Waals surface area contributed by atoms with Crippen molar-refractivity contribution in [1.29, 1.82) is 0 Å². The Kier molecular flexibility index (Phi) is 5.80. The van der Waals surface area contributed by atoms with Gasteiger partial charge in [-0.1, -0.05) is 59.6 Å². The summed E-state index contributed by atoms with van der Waals surface area (Å²) in [7, 11) is -3.78. The van der Waals surface area contributed by atoms with Crippen LogP contribution >= 0.6 is 23.2 Å². The quantitative estimate of drug-likeness (QED) is 0.507. The molecule has 0 saturated carbocycles. The lowest BCUT2D eigenvalue weighted by atomic mass is 10.1. The molecule has 0 atom stereocenters. The third kappa shape index (κ3) is 4.13. The summed E-state index contributed by atoms with van der Waals surface area (Å²) >= 11 is 12.3. The Labute approximate surface area is 170 Å². The Morgan fingerprint density at radius 2 is 1.59 bits per heavy atom. The van der Waals surface area contributed by atoms with Gasteiger partial charge in [0, 0.05) is 10.0 Å². The number of halogens is 2. The largest absolute Gasteiger partial charge is 0.264 e. The molecule has 0 spiro atoms. The minimum atomic E-state index is -3.78. The van der Waals surface area contributed by atoms with E-state index in [1.807, 2.05) is 32.0 Å². The molecule has 3 aromatic carbocycles. The average Bonchev–Trinajstić information content (AvgIpc) is 2.64. The van der Waals surface area contributed by atoms with Gasteiger partial charge in [0.1, 0.15) is 0 Å². The van der Waals surface area contributed by atoms with Crippen LogP contribution in [0.2, 0.25) is 10.0 Å². The van der Waals surface area contributed by atoms with Gasteiger partial charge in [-0.05, 0) is 60.9 Å². The molecule has 0 heterocycles. The summed E-state index contributed by atoms with van der Waals surface area (Å²) in [4.78, 5) is 0.232. The fourth-order valence-corrected chi connectivity index (χ4v) is 4.82. The van der Waals surface area contributed by atoms with Crippen LogP contribution in [0.5, 0.6) is 0 Å². The summed E-state index contributed by atoms with van der Waals surface area (Å²) in [6, 6.07) is 19.1. The average molecular weight is 420 g/mol. The van der Waals surface area contributed by atoms with E-state index in [1.54, 1.807) is 48.5 Å². The summed E-state index contributed by atoms with van der Waals surface area (Å²) in [5, 5.41) is 0.939. The predicted molar refractivity (Wildman–Crippen MR) is 112 cm³/mol. The first-order valence-electron chi connectivity index (χ1n) is 8.38. The van der Waals surface area contributed by atoms with Gasteiger partial charge in [0.2, 0.25) is 0 Å². The number of benzene rings is 3. The first kappa shape index (κ1) is 19.7. The molecule has 0 N–H and O–H groups in total. The van der Waals surface area contributed by atoms with Crippen molar-refractivity contribution in [2.24, 2.45) is 0 Å². The number of sulfonamides is 1. The SMILES string of the molecule is Cc1cccc(N(Cc2ccc(Cl)cc2Cl)S(=O)(=O)c2ccccc2)c1C. The Bertz CT molecular complexity index is 1070. The molecule has 3 aromatic rings. The summed E-state index contributed by atoms with van der Waals surface area (Å²) < 4.78 is 28.3. The van der Waals surface area contributed by atoms with E-state index in [9.17, 15) is 8.42 Å². The Balaban J connectivity index is 2.16. The lowest BCUT2D eigenvalue weighted by molar-refractivity contribution is 0.590. The zero-order valence-electron chi connectivity index (χ0n) is 15.0. The lowest BCUT2D eigenvalue weighted by Crippen LogP contribution is -2.31. The van der Waals surface area contributed by atoms with E-state index < -0.39 is 10.0 Å². The zero-order valence-corrected chi connectivity index (χ0v) is 17.3. The summed E-state index contributed by atoms with van der Waals surface area (Å²) in [5.74, 6) is 0. The molecule has 0 saturated heterocycles. The molecule has 3 rings (SSSR count). The first-order chi connectivity index (χ1) is 12.8. The van der Waals surface area contributed by atoms with Crippen molar-refractivity contribution in [3.05, 3.63) is 93.5 Å². The number of anilines is 1. The first-order valence-corrected chi connectivity index (χ1v) is 10.6. The van der Waals surface area contributed by atoms with Crippen LogP contribution in [0.15, 0.2) is 71.6 Å². The van der Waals surface area contributed by atoms with E-state index in [1.165, 1.54) is 4.31 Å². The monoisotopic (exact) mass is 419 g/mol. The minimum Gasteiger partial charge on any atom is -0.262 e. The predicted octanol–water partition coefficient (Wildman–Crippen LogP) is 6.01. The van der Waals surface area contributed by atoms with E-state index >= 15 is 0 Å². The highest BCUT2D eigenvalue weighted by molar-refractivity contribution is 7.92. The molecular weight excluding hydrogens is 401 g/mol. The summed E-state index contributed by atoms with van der Waals surface area (Å²) in [6.45, 7) is 3.99. The molecular formula is C21H19Cl2NO2S. The second-order valence-corrected chi connectivity index (χ2v) is 8.99. The fraction of sp³-hybridized carbons (Fsp3) is 0.143. The molecule has 6 heteroatoms. The fourth-order valence-electron chi connectivity index (χ4n) is 2.83. The third-order valence-electron chi connectivity index (χ3n) is 4.50. The molecule has 0 aliphatic rings. The smallest absolute Gasteiger partial charge is 0.262 e. The van der Waals surface area contributed by atoms with Gasteiger partial charge in [-0.15, -0.1) is 0 Å². The van der Waals surface area contributed by atoms with E-state index in [4.69, 9.17) is 23.2 Å². The molecule has 0 aliphatic heterocycles. The molecule has 3 nitrogen and oxygen atoms in total. The second-order valence-electron chi connectivity index (χ2n) is 6.28. The highest BCUT2D eigenvalue weighted by Crippen LogP contribution is 2.32. The number of hydrogen-bond acceptors (Lipinski definition) is 2. The molecule has 0 aromatic heterocycles. The van der Waals surface area contributed by atoms with Crippen LogP contribution in [-0.2, 0) is 16.6 Å². The molecule has 140 valence electrons. The van der Waals surface area contributed by atoms with Gasteiger partial charge in [-0.2, -0.15) is 0 Å². The maximum Gasteiger partial charge on any atom is 0.264 e. The molecule has 0 amide bonds. The van der Waals surface area contributed by atoms with E-state index in [0.717, 1.165) is 11.1 Å². The normalized spacial score (nSPS) is 11.4. The van der Waals surface area contributed by atoms with Gasteiger partial charge < -0.3 is 0 Å². The highest BCUT2D eigenvalue weighted by atomic mass is 35.5. The molecule has 0 fully saturated rings. The van der Waals surface area contributed by atoms with Crippen LogP contribution in [0, 0.1) is 13.8 Å². The molecule has 0 bridgehead atoms. The van der Waals surface area contributed by atoms with Crippen LogP contribution in [0.4, 0.5) is 5.69 Å². The third-order valence-corrected chi connectivity index (χ3v) is 6.87. The van der Waals surface area contributed by atoms with Crippen LogP contribution < -0.4 is 4.31 Å². The highest BCUT2D eigenvalue weighted by Gasteiger charge is 2.27. The van der Waals surface area contributed by atoms with Crippen molar-refractivity contribution in [1.82, 2.24) is 0 Å². The second kappa shape index (κ2) is 7.93. The van der Waals surface area contributed by atoms with Gasteiger partial charge >= 0.3 is 0 Å². The van der Waals surface area contributed by atoms with Gasteiger partial charge in [-0.3, -0.25) is 4.31 Å². The lowest BCUT2D eigenvalue weighted by Gasteiger charge is -2.27. The molecule has 0 radical (unpaired) electrons. The van der Waals surface area contributed by atoms with Gasteiger partial charge in [0.05, 0.1) is 17.1 Å². The van der Waals surface area contributed by atoms with Gasteiger partial charge in [0.25, 0.3) is 10.0 Å². The minimum absolute atomic E-state index is 0.109. The molecule has 0 unspecified atom stereocenters. The summed E-state index contributed by atoms with van der Waals surface area (Å²) in [5.41, 5.74) is 3.23. The van der Waals surface area contributed by atoms with Gasteiger partial charge in [-0.25, -0.2) is 8.42 Å². The van der Waals surface area contributed by atoms with Crippen LogP contribution in [0.1, 0.15) is 16.7 Å². The van der Waals surface area contributed by atoms with Crippen LogP contribution in [-0.4, -0.2) is 8.42 Å². The standard InChI is InChI=1S/C21H19Cl2NO2S/c1-15-7-6-10-21(16(15)2)24(14-17-11-12-18(22)13-20(17)23)27(25,26)19-8-4-3-5-9-19/h3-13H,14H2,1-2H3. The maximum atomic E-state index is 13.4. The van der Waals surface area contributed by atoms with Crippen molar-refractivity contribution in [3.63, 3.8) is 0 Å². The summed E-state index contributed by atoms with van der Waals surface area (Å²) in [6.07, 6.45) is 0. The van der Waals surface area contributed by atoms with E-state index in [2.05, 4.69) is 0 Å². The number of hydrogen-bond donors (Lipinski definition) is 0. The van der Waals surface area contributed by atoms with Crippen LogP contribution in [0.3, 0.4) is 0 Å². The zero-order chi connectivity index (χ0) is 19.6. The van der Waals surface area contributed by atoms with E-state index in [0.29, 0.717) is 21.3 Å². The van der Waals surface area contributed by atoms with Crippen molar-refractivity contribution in [2.45, 2.75) is 25.3 Å². The Morgan fingerprint density at radius 3 is 2.26 bits per heavy atom. The number of rotatable bonds is 5. The molecule has 0 aliphatic carbocycles. The Hall–Kier alpha value is -2.01. The van der Waals surface area contributed by atoms with Crippen molar-refractivity contribution in [3.8, 4) is 0 Å². The topological polar surface area (TPSA) is 37.4 Å². The van der Waals surface area contributed by atoms with Crippen LogP contribution in [0.25, 0.3) is 0 Å². The van der Waals surface area contributed by atoms with Crippen molar-refractivity contribution < 1.29 is 8.42 Å². The maximum absolute atomic E-state index is 13.4. The van der Waals surface area contributed by atoms with Crippen molar-refractivity contribution >= 4 is 38.9 Å². The van der Waals surface area contributed by atoms with E-state index in [-0.39, 0.29) is 11.4 Å². The van der Waals surface area contributed by atoms with Gasteiger partial charge in [0.15, 0.2) is 0 Å².